The molecule has 6 nitrogen and oxygen atoms in total. The van der Waals surface area contributed by atoms with Gasteiger partial charge < -0.3 is 5.73 Å². The van der Waals surface area contributed by atoms with Crippen LogP contribution < -0.4 is 10.6 Å². The molecule has 1 aromatic rings. The summed E-state index contributed by atoms with van der Waals surface area (Å²) in [5.74, 6) is -0.601. The quantitative estimate of drug-likeness (QED) is 0.833. The predicted octanol–water partition coefficient (Wildman–Crippen LogP) is 0.0773. The first-order valence-corrected chi connectivity index (χ1v) is 5.44. The molecule has 0 aliphatic carbocycles. The van der Waals surface area contributed by atoms with E-state index in [-0.39, 0.29) is 18.9 Å². The maximum atomic E-state index is 11.6. The molecule has 7 heteroatoms. The monoisotopic (exact) mass is 284 g/mol. The number of carbonyl (C=O) groups excluding carboxylic acids is 2. The number of nitrogens with two attached hydrogens (primary N) is 1. The van der Waals surface area contributed by atoms with Gasteiger partial charge in [0.05, 0.1) is 18.3 Å². The third kappa shape index (κ3) is 2.04. The van der Waals surface area contributed by atoms with Crippen molar-refractivity contribution in [1.29, 1.82) is 0 Å². The summed E-state index contributed by atoms with van der Waals surface area (Å²) in [7, 11) is 0. The van der Waals surface area contributed by atoms with E-state index in [0.717, 1.165) is 0 Å². The van der Waals surface area contributed by atoms with Crippen LogP contribution in [0.25, 0.3) is 0 Å². The van der Waals surface area contributed by atoms with Gasteiger partial charge in [-0.15, -0.1) is 0 Å². The van der Waals surface area contributed by atoms with E-state index in [1.165, 1.54) is 17.3 Å². The molecule has 1 aliphatic rings. The number of nitrogens with zero attached hydrogens (tertiary/aromatic N) is 3. The van der Waals surface area contributed by atoms with E-state index in [4.69, 9.17) is 5.73 Å². The summed E-state index contributed by atoms with van der Waals surface area (Å²) in [6, 6.07) is 0. The van der Waals surface area contributed by atoms with Gasteiger partial charge in [0.25, 0.3) is 0 Å². The molecule has 1 atom stereocenters. The van der Waals surface area contributed by atoms with E-state index in [2.05, 4.69) is 25.9 Å². The zero-order valence-electron chi connectivity index (χ0n) is 8.26. The summed E-state index contributed by atoms with van der Waals surface area (Å²) in [5, 5.41) is 0. The molecule has 2 N–H and O–H groups in total. The van der Waals surface area contributed by atoms with Crippen LogP contribution in [0.15, 0.2) is 17.0 Å². The summed E-state index contributed by atoms with van der Waals surface area (Å²) >= 11 is 3.15. The topological polar surface area (TPSA) is 89.2 Å². The van der Waals surface area contributed by atoms with E-state index < -0.39 is 11.8 Å². The normalized spacial score (nSPS) is 20.2. The maximum Gasteiger partial charge on any atom is 0.229 e. The van der Waals surface area contributed by atoms with Gasteiger partial charge in [0, 0.05) is 13.0 Å². The molecular formula is C9H9BrN4O2. The van der Waals surface area contributed by atoms with Gasteiger partial charge >= 0.3 is 0 Å². The Morgan fingerprint density at radius 3 is 2.75 bits per heavy atom. The lowest BCUT2D eigenvalue weighted by Gasteiger charge is -2.13. The second-order valence-electron chi connectivity index (χ2n) is 3.51. The van der Waals surface area contributed by atoms with Crippen LogP contribution in [0.5, 0.6) is 0 Å². The minimum atomic E-state index is -0.457. The highest BCUT2D eigenvalue weighted by Gasteiger charge is 2.34. The summed E-state index contributed by atoms with van der Waals surface area (Å²) in [6.45, 7) is 0.282. The predicted molar refractivity (Wildman–Crippen MR) is 59.4 cm³/mol. The highest BCUT2D eigenvalue weighted by molar-refractivity contribution is 9.10. The molecule has 2 rings (SSSR count). The molecule has 0 bridgehead atoms. The lowest BCUT2D eigenvalue weighted by molar-refractivity contribution is -0.123. The van der Waals surface area contributed by atoms with Crippen LogP contribution in [0.1, 0.15) is 6.42 Å². The molecule has 0 spiro atoms. The second-order valence-corrected chi connectivity index (χ2v) is 4.32. The minimum Gasteiger partial charge on any atom is -0.369 e. The van der Waals surface area contributed by atoms with Crippen molar-refractivity contribution in [3.63, 3.8) is 0 Å². The number of primary amides is 1. The number of aromatic nitrogens is 2. The molecule has 1 fully saturated rings. The fourth-order valence-electron chi connectivity index (χ4n) is 1.56. The smallest absolute Gasteiger partial charge is 0.229 e. The standard InChI is InChI=1S/C9H9BrN4O2/c10-6-2-13-7(3-12-6)14-4-5(9(11)16)1-8(14)15/h2-3,5H,1,4H2,(H2,11,16). The van der Waals surface area contributed by atoms with Crippen LogP contribution >= 0.6 is 15.9 Å². The first-order chi connectivity index (χ1) is 7.58. The van der Waals surface area contributed by atoms with Crippen LogP contribution in [0.3, 0.4) is 0 Å². The maximum absolute atomic E-state index is 11.6. The highest BCUT2D eigenvalue weighted by Crippen LogP contribution is 2.22. The highest BCUT2D eigenvalue weighted by atomic mass is 79.9. The molecule has 1 unspecified atom stereocenters. The zero-order chi connectivity index (χ0) is 11.7. The van der Waals surface area contributed by atoms with Crippen LogP contribution in [0, 0.1) is 5.92 Å². The van der Waals surface area contributed by atoms with Gasteiger partial charge in [-0.1, -0.05) is 0 Å². The zero-order valence-corrected chi connectivity index (χ0v) is 9.85. The SMILES string of the molecule is NC(=O)C1CC(=O)N(c2cnc(Br)cn2)C1. The van der Waals surface area contributed by atoms with Crippen molar-refractivity contribution in [1.82, 2.24) is 9.97 Å². The fourth-order valence-corrected chi connectivity index (χ4v) is 1.77. The number of amides is 2. The van der Waals surface area contributed by atoms with E-state index in [9.17, 15) is 9.59 Å². The Balaban J connectivity index is 2.20. The molecule has 16 heavy (non-hydrogen) atoms. The third-order valence-corrected chi connectivity index (χ3v) is 2.82. The first-order valence-electron chi connectivity index (χ1n) is 4.65. The molecule has 0 aromatic carbocycles. The van der Waals surface area contributed by atoms with Crippen LogP contribution in [-0.2, 0) is 9.59 Å². The summed E-state index contributed by atoms with van der Waals surface area (Å²) in [4.78, 5) is 32.0. The van der Waals surface area contributed by atoms with Crippen molar-refractivity contribution in [2.75, 3.05) is 11.4 Å². The van der Waals surface area contributed by atoms with Gasteiger partial charge in [-0.25, -0.2) is 9.97 Å². The van der Waals surface area contributed by atoms with Gasteiger partial charge in [-0.05, 0) is 15.9 Å². The van der Waals surface area contributed by atoms with Crippen LogP contribution in [0.2, 0.25) is 0 Å². The van der Waals surface area contributed by atoms with E-state index >= 15 is 0 Å². The van der Waals surface area contributed by atoms with Crippen molar-refractivity contribution in [2.24, 2.45) is 11.7 Å². The number of rotatable bonds is 2. The number of hydrogen-bond acceptors (Lipinski definition) is 4. The Morgan fingerprint density at radius 1 is 1.50 bits per heavy atom. The van der Waals surface area contributed by atoms with Gasteiger partial charge in [0.2, 0.25) is 11.8 Å². The van der Waals surface area contributed by atoms with Gasteiger partial charge in [0.1, 0.15) is 4.60 Å². The average Bonchev–Trinajstić information content (AvgIpc) is 2.62. The van der Waals surface area contributed by atoms with Gasteiger partial charge in [-0.2, -0.15) is 0 Å². The Labute approximate surface area is 100.0 Å². The Kier molecular flexibility index (Phi) is 2.86. The number of anilines is 1. The molecule has 1 aliphatic heterocycles. The summed E-state index contributed by atoms with van der Waals surface area (Å²) in [5.41, 5.74) is 5.16. The third-order valence-electron chi connectivity index (χ3n) is 2.41. The molecular weight excluding hydrogens is 276 g/mol. The van der Waals surface area contributed by atoms with E-state index in [1.807, 2.05) is 0 Å². The molecule has 1 aromatic heterocycles. The second kappa shape index (κ2) is 4.17. The van der Waals surface area contributed by atoms with Crippen molar-refractivity contribution < 1.29 is 9.59 Å². The molecule has 2 heterocycles. The van der Waals surface area contributed by atoms with Crippen molar-refractivity contribution in [2.45, 2.75) is 6.42 Å². The van der Waals surface area contributed by atoms with Gasteiger partial charge in [0.15, 0.2) is 5.82 Å². The van der Waals surface area contributed by atoms with E-state index in [1.54, 1.807) is 0 Å². The van der Waals surface area contributed by atoms with Crippen molar-refractivity contribution in [3.05, 3.63) is 17.0 Å². The molecule has 0 saturated carbocycles. The van der Waals surface area contributed by atoms with Crippen molar-refractivity contribution in [3.8, 4) is 0 Å². The molecule has 2 amide bonds. The summed E-state index contributed by atoms with van der Waals surface area (Å²) < 4.78 is 0.592. The Hall–Kier alpha value is -1.50. The average molecular weight is 285 g/mol. The van der Waals surface area contributed by atoms with Gasteiger partial charge in [-0.3, -0.25) is 14.5 Å². The van der Waals surface area contributed by atoms with E-state index in [0.29, 0.717) is 10.4 Å². The number of hydrogen-bond donors (Lipinski definition) is 1. The first kappa shape index (κ1) is 11.0. The minimum absolute atomic E-state index is 0.146. The van der Waals surface area contributed by atoms with Crippen molar-refractivity contribution >= 4 is 33.6 Å². The Morgan fingerprint density at radius 2 is 2.25 bits per heavy atom. The number of halogens is 1. The summed E-state index contributed by atoms with van der Waals surface area (Å²) in [6.07, 6.45) is 3.12. The van der Waals surface area contributed by atoms with Crippen LogP contribution in [0.4, 0.5) is 5.82 Å². The lowest BCUT2D eigenvalue weighted by Crippen LogP contribution is -2.29. The molecule has 0 radical (unpaired) electrons. The Bertz CT molecular complexity index is 434. The molecule has 84 valence electrons. The fraction of sp³-hybridized carbons (Fsp3) is 0.333. The number of carbonyl (C=O) groups is 2. The lowest BCUT2D eigenvalue weighted by atomic mass is 10.1. The largest absolute Gasteiger partial charge is 0.369 e. The molecule has 1 saturated heterocycles. The van der Waals surface area contributed by atoms with Crippen LogP contribution in [-0.4, -0.2) is 28.3 Å².